The van der Waals surface area contributed by atoms with Gasteiger partial charge in [-0.3, -0.25) is 20.4 Å². The van der Waals surface area contributed by atoms with Crippen molar-refractivity contribution < 1.29 is 9.72 Å². The molecule has 0 radical (unpaired) electrons. The molecule has 0 aromatic carbocycles. The van der Waals surface area contributed by atoms with Crippen LogP contribution in [0.15, 0.2) is 49.1 Å². The summed E-state index contributed by atoms with van der Waals surface area (Å²) in [4.78, 5) is 33.0. The van der Waals surface area contributed by atoms with E-state index in [2.05, 4.69) is 20.4 Å². The Morgan fingerprint density at radius 2 is 2.04 bits per heavy atom. The monoisotopic (exact) mass is 351 g/mol. The molecule has 0 aliphatic carbocycles. The quantitative estimate of drug-likeness (QED) is 0.570. The fraction of sp³-hybridized carbons (Fsp3) is 0.125. The molecule has 4 heterocycles. The summed E-state index contributed by atoms with van der Waals surface area (Å²) in [5.41, 5.74) is 1.67. The molecule has 26 heavy (non-hydrogen) atoms. The number of nitrogens with one attached hydrogen (secondary N) is 1. The van der Waals surface area contributed by atoms with Gasteiger partial charge in [-0.2, -0.15) is 5.10 Å². The minimum atomic E-state index is -0.585. The van der Waals surface area contributed by atoms with E-state index in [0.29, 0.717) is 18.9 Å². The van der Waals surface area contributed by atoms with Gasteiger partial charge < -0.3 is 4.90 Å². The number of anilines is 1. The lowest BCUT2D eigenvalue weighted by Gasteiger charge is -2.16. The molecule has 1 N–H and O–H groups in total. The van der Waals surface area contributed by atoms with Gasteiger partial charge in [0.2, 0.25) is 5.82 Å². The molecule has 1 aliphatic heterocycles. The Balaban J connectivity index is 1.60. The van der Waals surface area contributed by atoms with Crippen molar-refractivity contribution in [3.05, 3.63) is 70.3 Å². The number of aromatic nitrogens is 4. The first-order valence-corrected chi connectivity index (χ1v) is 7.75. The lowest BCUT2D eigenvalue weighted by atomic mass is 10.2. The maximum atomic E-state index is 12.6. The van der Waals surface area contributed by atoms with Crippen molar-refractivity contribution in [3.63, 3.8) is 0 Å². The molecule has 0 fully saturated rings. The largest absolute Gasteiger partial charge is 0.323 e. The number of nitrogens with zero attached hydrogens (tertiary/aromatic N) is 6. The summed E-state index contributed by atoms with van der Waals surface area (Å²) >= 11 is 0. The van der Waals surface area contributed by atoms with Gasteiger partial charge in [-0.1, -0.05) is 0 Å². The van der Waals surface area contributed by atoms with Crippen molar-refractivity contribution >= 4 is 17.5 Å². The van der Waals surface area contributed by atoms with Gasteiger partial charge in [0.15, 0.2) is 5.82 Å². The molecule has 10 nitrogen and oxygen atoms in total. The summed E-state index contributed by atoms with van der Waals surface area (Å²) < 4.78 is 1.46. The van der Waals surface area contributed by atoms with Crippen LogP contribution in [0.3, 0.4) is 0 Å². The second kappa shape index (κ2) is 6.24. The fourth-order valence-corrected chi connectivity index (χ4v) is 2.76. The van der Waals surface area contributed by atoms with Crippen molar-refractivity contribution in [3.8, 4) is 5.82 Å². The van der Waals surface area contributed by atoms with E-state index in [4.69, 9.17) is 0 Å². The third-order valence-corrected chi connectivity index (χ3v) is 4.03. The first-order valence-electron chi connectivity index (χ1n) is 7.75. The van der Waals surface area contributed by atoms with Crippen molar-refractivity contribution in [1.82, 2.24) is 24.6 Å². The molecule has 10 heteroatoms. The smallest absolute Gasteiger partial charge is 0.316 e. The highest BCUT2D eigenvalue weighted by Gasteiger charge is 2.26. The van der Waals surface area contributed by atoms with Gasteiger partial charge in [0, 0.05) is 43.9 Å². The number of nitro groups is 1. The highest BCUT2D eigenvalue weighted by Crippen LogP contribution is 2.26. The SMILES string of the molecule is O=C(Nc1nc(-n2cccn2)ccc1[N+](=O)[O-])N1Cc2ccncc2C1. The Morgan fingerprint density at radius 3 is 2.77 bits per heavy atom. The molecule has 0 unspecified atom stereocenters. The molecule has 2 amide bonds. The third kappa shape index (κ3) is 2.83. The molecular formula is C16H13N7O3. The Bertz CT molecular complexity index is 962. The van der Waals surface area contributed by atoms with Crippen LogP contribution in [0.25, 0.3) is 5.82 Å². The molecular weight excluding hydrogens is 338 g/mol. The van der Waals surface area contributed by atoms with E-state index in [0.717, 1.165) is 11.1 Å². The van der Waals surface area contributed by atoms with Crippen molar-refractivity contribution in [2.75, 3.05) is 5.32 Å². The Hall–Kier alpha value is -3.82. The van der Waals surface area contributed by atoms with Crippen molar-refractivity contribution in [2.45, 2.75) is 13.1 Å². The summed E-state index contributed by atoms with van der Waals surface area (Å²) in [5, 5.41) is 17.9. The average molecular weight is 351 g/mol. The molecule has 0 atom stereocenters. The normalized spacial score (nSPS) is 12.7. The van der Waals surface area contributed by atoms with Crippen LogP contribution in [0.1, 0.15) is 11.1 Å². The van der Waals surface area contributed by atoms with E-state index >= 15 is 0 Å². The second-order valence-corrected chi connectivity index (χ2v) is 5.68. The van der Waals surface area contributed by atoms with Crippen LogP contribution < -0.4 is 5.32 Å². The number of rotatable bonds is 3. The van der Waals surface area contributed by atoms with E-state index in [1.807, 2.05) is 6.07 Å². The van der Waals surface area contributed by atoms with Crippen LogP contribution in [0.5, 0.6) is 0 Å². The Kier molecular flexibility index (Phi) is 3.77. The van der Waals surface area contributed by atoms with Crippen molar-refractivity contribution in [2.24, 2.45) is 0 Å². The number of pyridine rings is 2. The van der Waals surface area contributed by atoms with Crippen LogP contribution in [-0.2, 0) is 13.1 Å². The molecule has 130 valence electrons. The molecule has 0 saturated heterocycles. The number of carbonyl (C=O) groups is 1. The highest BCUT2D eigenvalue weighted by atomic mass is 16.6. The highest BCUT2D eigenvalue weighted by molar-refractivity contribution is 5.91. The standard InChI is InChI=1S/C16H13N7O3/c24-16(21-9-11-4-6-17-8-12(11)10-21)20-15-13(23(25)26)2-3-14(19-15)22-7-1-5-18-22/h1-8H,9-10H2,(H,19,20,24). The summed E-state index contributed by atoms with van der Waals surface area (Å²) in [6, 6.07) is 5.85. The summed E-state index contributed by atoms with van der Waals surface area (Å²) in [5.74, 6) is 0.242. The molecule has 0 saturated carbocycles. The maximum Gasteiger partial charge on any atom is 0.323 e. The van der Waals surface area contributed by atoms with E-state index in [1.165, 1.54) is 16.8 Å². The molecule has 0 spiro atoms. The van der Waals surface area contributed by atoms with Gasteiger partial charge in [-0.25, -0.2) is 14.5 Å². The zero-order chi connectivity index (χ0) is 18.1. The summed E-state index contributed by atoms with van der Waals surface area (Å²) in [6.45, 7) is 0.804. The molecule has 1 aliphatic rings. The summed E-state index contributed by atoms with van der Waals surface area (Å²) in [7, 11) is 0. The fourth-order valence-electron chi connectivity index (χ4n) is 2.76. The van der Waals surface area contributed by atoms with Gasteiger partial charge in [0.25, 0.3) is 0 Å². The number of carbonyl (C=O) groups excluding carboxylic acids is 1. The van der Waals surface area contributed by atoms with Crippen LogP contribution in [0, 0.1) is 10.1 Å². The van der Waals surface area contributed by atoms with Gasteiger partial charge in [-0.05, 0) is 29.3 Å². The minimum Gasteiger partial charge on any atom is -0.316 e. The van der Waals surface area contributed by atoms with Crippen molar-refractivity contribution in [1.29, 1.82) is 0 Å². The van der Waals surface area contributed by atoms with Crippen LogP contribution >= 0.6 is 0 Å². The predicted octanol–water partition coefficient (Wildman–Crippen LogP) is 2.12. The Labute approximate surface area is 147 Å². The van der Waals surface area contributed by atoms with Gasteiger partial charge in [-0.15, -0.1) is 0 Å². The lowest BCUT2D eigenvalue weighted by Crippen LogP contribution is -2.31. The minimum absolute atomic E-state index is 0.123. The van der Waals surface area contributed by atoms with Gasteiger partial charge in [0.1, 0.15) is 0 Å². The van der Waals surface area contributed by atoms with E-state index in [9.17, 15) is 14.9 Å². The second-order valence-electron chi connectivity index (χ2n) is 5.68. The topological polar surface area (TPSA) is 119 Å². The average Bonchev–Trinajstić information content (AvgIpc) is 3.31. The number of hydrogen-bond acceptors (Lipinski definition) is 6. The molecule has 3 aromatic heterocycles. The first kappa shape index (κ1) is 15.7. The number of fused-ring (bicyclic) bond motifs is 1. The Morgan fingerprint density at radius 1 is 1.19 bits per heavy atom. The number of hydrogen-bond donors (Lipinski definition) is 1. The summed E-state index contributed by atoms with van der Waals surface area (Å²) in [6.07, 6.45) is 6.60. The predicted molar refractivity (Wildman–Crippen MR) is 90.5 cm³/mol. The van der Waals surface area contributed by atoms with E-state index < -0.39 is 11.0 Å². The molecule has 3 aromatic rings. The van der Waals surface area contributed by atoms with Gasteiger partial charge in [0.05, 0.1) is 4.92 Å². The van der Waals surface area contributed by atoms with Crippen LogP contribution in [0.2, 0.25) is 0 Å². The lowest BCUT2D eigenvalue weighted by molar-refractivity contribution is -0.384. The molecule has 4 rings (SSSR count). The molecule has 0 bridgehead atoms. The van der Waals surface area contributed by atoms with E-state index in [1.54, 1.807) is 35.8 Å². The third-order valence-electron chi connectivity index (χ3n) is 4.03. The maximum absolute atomic E-state index is 12.6. The zero-order valence-corrected chi connectivity index (χ0v) is 13.4. The van der Waals surface area contributed by atoms with Crippen LogP contribution in [-0.4, -0.2) is 35.6 Å². The number of urea groups is 1. The zero-order valence-electron chi connectivity index (χ0n) is 13.4. The number of amides is 2. The van der Waals surface area contributed by atoms with Crippen LogP contribution in [0.4, 0.5) is 16.3 Å². The van der Waals surface area contributed by atoms with E-state index in [-0.39, 0.29) is 11.5 Å². The first-order chi connectivity index (χ1) is 12.6. The van der Waals surface area contributed by atoms with Gasteiger partial charge >= 0.3 is 11.7 Å².